The zero-order chi connectivity index (χ0) is 20.9. The van der Waals surface area contributed by atoms with E-state index in [2.05, 4.69) is 0 Å². The second-order valence-corrected chi connectivity index (χ2v) is 9.39. The Morgan fingerprint density at radius 2 is 1.25 bits per heavy atom. The number of hydrogen-bond donors (Lipinski definition) is 2. The van der Waals surface area contributed by atoms with E-state index in [1.54, 1.807) is 38.1 Å². The van der Waals surface area contributed by atoms with Gasteiger partial charge < -0.3 is 10.2 Å². The molecule has 0 heterocycles. The molecule has 0 radical (unpaired) electrons. The maximum absolute atomic E-state index is 12.4. The zero-order valence-electron chi connectivity index (χ0n) is 15.3. The normalized spacial score (nSPS) is 14.6. The summed E-state index contributed by atoms with van der Waals surface area (Å²) in [5.74, 6) is 0. The molecular formula is C18H22O8S2. The van der Waals surface area contributed by atoms with Crippen LogP contribution in [0.1, 0.15) is 11.1 Å². The number of aliphatic hydroxyl groups is 2. The van der Waals surface area contributed by atoms with Crippen molar-refractivity contribution in [3.63, 3.8) is 0 Å². The van der Waals surface area contributed by atoms with Crippen LogP contribution in [0.2, 0.25) is 0 Å². The number of aliphatic hydroxyl groups excluding tert-OH is 2. The van der Waals surface area contributed by atoms with Crippen molar-refractivity contribution in [1.82, 2.24) is 0 Å². The first-order valence-electron chi connectivity index (χ1n) is 8.30. The van der Waals surface area contributed by atoms with Crippen LogP contribution in [0.15, 0.2) is 58.3 Å². The predicted octanol–water partition coefficient (Wildman–Crippen LogP) is 1.14. The molecule has 0 spiro atoms. The van der Waals surface area contributed by atoms with E-state index in [-0.39, 0.29) is 9.79 Å². The van der Waals surface area contributed by atoms with Crippen molar-refractivity contribution in [3.05, 3.63) is 59.7 Å². The third-order valence-electron chi connectivity index (χ3n) is 3.87. The second kappa shape index (κ2) is 9.12. The van der Waals surface area contributed by atoms with Gasteiger partial charge in [-0.2, -0.15) is 16.8 Å². The molecule has 0 aromatic heterocycles. The van der Waals surface area contributed by atoms with Crippen molar-refractivity contribution in [1.29, 1.82) is 0 Å². The van der Waals surface area contributed by atoms with Gasteiger partial charge in [0.2, 0.25) is 0 Å². The van der Waals surface area contributed by atoms with Gasteiger partial charge >= 0.3 is 0 Å². The molecule has 2 rings (SSSR count). The van der Waals surface area contributed by atoms with E-state index < -0.39 is 45.7 Å². The number of hydrogen-bond acceptors (Lipinski definition) is 8. The van der Waals surface area contributed by atoms with Crippen LogP contribution in [0.4, 0.5) is 0 Å². The fourth-order valence-corrected chi connectivity index (χ4v) is 4.18. The first-order chi connectivity index (χ1) is 13.0. The van der Waals surface area contributed by atoms with E-state index in [1.807, 2.05) is 0 Å². The fraction of sp³-hybridized carbons (Fsp3) is 0.333. The minimum Gasteiger partial charge on any atom is -0.394 e. The SMILES string of the molecule is Cc1ccc(S(=O)(=O)OC[C@@H](OS(=O)(=O)c2ccc(C)cc2)[C@H](O)CO)cc1. The summed E-state index contributed by atoms with van der Waals surface area (Å²) in [6.45, 7) is 1.92. The molecule has 2 atom stereocenters. The molecule has 0 bridgehead atoms. The lowest BCUT2D eigenvalue weighted by atomic mass is 10.2. The summed E-state index contributed by atoms with van der Waals surface area (Å²) in [5.41, 5.74) is 1.68. The van der Waals surface area contributed by atoms with Crippen LogP contribution < -0.4 is 0 Å². The van der Waals surface area contributed by atoms with E-state index in [9.17, 15) is 21.9 Å². The summed E-state index contributed by atoms with van der Waals surface area (Å²) in [5, 5.41) is 19.0. The molecular weight excluding hydrogens is 408 g/mol. The van der Waals surface area contributed by atoms with Gasteiger partial charge in [-0.3, -0.25) is 8.37 Å². The van der Waals surface area contributed by atoms with Crippen LogP contribution in [0.5, 0.6) is 0 Å². The van der Waals surface area contributed by atoms with E-state index in [1.165, 1.54) is 24.3 Å². The first kappa shape index (κ1) is 22.5. The molecule has 0 amide bonds. The predicted molar refractivity (Wildman–Crippen MR) is 101 cm³/mol. The molecule has 10 heteroatoms. The Kier molecular flexibility index (Phi) is 7.32. The van der Waals surface area contributed by atoms with Crippen LogP contribution >= 0.6 is 0 Å². The molecule has 0 unspecified atom stereocenters. The Hall–Kier alpha value is -1.82. The topological polar surface area (TPSA) is 127 Å². The van der Waals surface area contributed by atoms with Gasteiger partial charge in [-0.1, -0.05) is 35.4 Å². The summed E-state index contributed by atoms with van der Waals surface area (Å²) in [4.78, 5) is -0.300. The minimum atomic E-state index is -4.32. The van der Waals surface area contributed by atoms with Crippen molar-refractivity contribution in [3.8, 4) is 0 Å². The van der Waals surface area contributed by atoms with Crippen LogP contribution in [0, 0.1) is 13.8 Å². The largest absolute Gasteiger partial charge is 0.394 e. The van der Waals surface area contributed by atoms with Gasteiger partial charge in [0.15, 0.2) is 0 Å². The molecule has 0 fully saturated rings. The van der Waals surface area contributed by atoms with Crippen LogP contribution in [0.25, 0.3) is 0 Å². The van der Waals surface area contributed by atoms with Crippen molar-refractivity contribution in [2.24, 2.45) is 0 Å². The van der Waals surface area contributed by atoms with Crippen molar-refractivity contribution in [2.45, 2.75) is 35.8 Å². The highest BCUT2D eigenvalue weighted by molar-refractivity contribution is 7.87. The van der Waals surface area contributed by atoms with Crippen molar-refractivity contribution in [2.75, 3.05) is 13.2 Å². The Morgan fingerprint density at radius 1 is 0.821 bits per heavy atom. The molecule has 8 nitrogen and oxygen atoms in total. The molecule has 0 saturated carbocycles. The average Bonchev–Trinajstić information content (AvgIpc) is 2.65. The van der Waals surface area contributed by atoms with Gasteiger partial charge in [0.05, 0.1) is 23.0 Å². The number of rotatable bonds is 9. The van der Waals surface area contributed by atoms with Gasteiger partial charge in [0.1, 0.15) is 12.2 Å². The van der Waals surface area contributed by atoms with E-state index >= 15 is 0 Å². The van der Waals surface area contributed by atoms with Crippen LogP contribution in [-0.4, -0.2) is 52.5 Å². The van der Waals surface area contributed by atoms with Gasteiger partial charge in [0.25, 0.3) is 20.2 Å². The van der Waals surface area contributed by atoms with E-state index in [0.29, 0.717) is 0 Å². The molecule has 0 aliphatic heterocycles. The summed E-state index contributed by atoms with van der Waals surface area (Å²) < 4.78 is 59.1. The lowest BCUT2D eigenvalue weighted by molar-refractivity contribution is -0.0167. The maximum Gasteiger partial charge on any atom is 0.297 e. The molecule has 2 N–H and O–H groups in total. The molecule has 2 aromatic carbocycles. The second-order valence-electron chi connectivity index (χ2n) is 6.20. The standard InChI is InChI=1S/C18H22O8S2/c1-13-3-7-15(8-4-13)27(21,22)25-12-18(17(20)11-19)26-28(23,24)16-9-5-14(2)6-10-16/h3-10,17-20H,11-12H2,1-2H3/t17-,18-/m1/s1. The highest BCUT2D eigenvalue weighted by Crippen LogP contribution is 2.19. The summed E-state index contributed by atoms with van der Waals surface area (Å²) in [7, 11) is -8.52. The monoisotopic (exact) mass is 430 g/mol. The molecule has 2 aromatic rings. The zero-order valence-corrected chi connectivity index (χ0v) is 17.0. The lowest BCUT2D eigenvalue weighted by Crippen LogP contribution is -2.38. The number of aryl methyl sites for hydroxylation is 2. The summed E-state index contributed by atoms with van der Waals surface area (Å²) in [6, 6.07) is 11.6. The van der Waals surface area contributed by atoms with E-state index in [0.717, 1.165) is 11.1 Å². The van der Waals surface area contributed by atoms with Gasteiger partial charge in [0, 0.05) is 0 Å². The molecule has 28 heavy (non-hydrogen) atoms. The Morgan fingerprint density at radius 3 is 1.68 bits per heavy atom. The van der Waals surface area contributed by atoms with Gasteiger partial charge in [-0.05, 0) is 38.1 Å². The van der Waals surface area contributed by atoms with Gasteiger partial charge in [-0.25, -0.2) is 0 Å². The molecule has 154 valence electrons. The summed E-state index contributed by atoms with van der Waals surface area (Å²) >= 11 is 0. The lowest BCUT2D eigenvalue weighted by Gasteiger charge is -2.21. The van der Waals surface area contributed by atoms with Gasteiger partial charge in [-0.15, -0.1) is 0 Å². The Balaban J connectivity index is 2.17. The van der Waals surface area contributed by atoms with E-state index in [4.69, 9.17) is 13.5 Å². The highest BCUT2D eigenvalue weighted by atomic mass is 32.2. The third kappa shape index (κ3) is 5.84. The molecule has 0 aliphatic carbocycles. The fourth-order valence-electron chi connectivity index (χ4n) is 2.17. The average molecular weight is 431 g/mol. The van der Waals surface area contributed by atoms with Crippen molar-refractivity contribution >= 4 is 20.2 Å². The van der Waals surface area contributed by atoms with Crippen LogP contribution in [-0.2, 0) is 28.6 Å². The molecule has 0 saturated heterocycles. The minimum absolute atomic E-state index is 0.128. The third-order valence-corrected chi connectivity index (χ3v) is 6.52. The number of benzene rings is 2. The maximum atomic E-state index is 12.4. The van der Waals surface area contributed by atoms with Crippen LogP contribution in [0.3, 0.4) is 0 Å². The highest BCUT2D eigenvalue weighted by Gasteiger charge is 2.30. The molecule has 0 aliphatic rings. The smallest absolute Gasteiger partial charge is 0.297 e. The summed E-state index contributed by atoms with van der Waals surface area (Å²) in [6.07, 6.45) is -3.30. The Labute approximate surface area is 164 Å². The Bertz CT molecular complexity index is 981. The van der Waals surface area contributed by atoms with Crippen molar-refractivity contribution < 1.29 is 35.4 Å². The quantitative estimate of drug-likeness (QED) is 0.567. The first-order valence-corrected chi connectivity index (χ1v) is 11.1.